The molecule has 2 saturated heterocycles. The molecule has 2 aromatic heterocycles. The van der Waals surface area contributed by atoms with Crippen molar-refractivity contribution < 1.29 is 18.9 Å². The van der Waals surface area contributed by atoms with Crippen LogP contribution in [0.3, 0.4) is 0 Å². The molecule has 4 N–H and O–H groups in total. The Morgan fingerprint density at radius 3 is 2.05 bits per heavy atom. The highest BCUT2D eigenvalue weighted by Gasteiger charge is 2.21. The van der Waals surface area contributed by atoms with Gasteiger partial charge < -0.3 is 30.3 Å². The van der Waals surface area contributed by atoms with E-state index in [9.17, 15) is 4.79 Å². The van der Waals surface area contributed by atoms with Crippen molar-refractivity contribution in [3.8, 4) is 0 Å². The Morgan fingerprint density at radius 1 is 0.919 bits per heavy atom. The second kappa shape index (κ2) is 11.1. The van der Waals surface area contributed by atoms with Crippen LogP contribution in [-0.4, -0.2) is 89.5 Å². The fourth-order valence-electron chi connectivity index (χ4n) is 3.75. The zero-order chi connectivity index (χ0) is 25.6. The fourth-order valence-corrected chi connectivity index (χ4v) is 3.75. The van der Waals surface area contributed by atoms with Gasteiger partial charge in [0.1, 0.15) is 0 Å². The van der Waals surface area contributed by atoms with Gasteiger partial charge in [0, 0.05) is 31.9 Å². The summed E-state index contributed by atoms with van der Waals surface area (Å²) in [5.74, 6) is 0.953. The third kappa shape index (κ3) is 5.90. The minimum Gasteiger partial charge on any atom is -0.379 e. The van der Waals surface area contributed by atoms with Gasteiger partial charge in [-0.25, -0.2) is 10.1 Å². The van der Waals surface area contributed by atoms with Gasteiger partial charge in [0.15, 0.2) is 0 Å². The largest absolute Gasteiger partial charge is 0.379 e. The lowest BCUT2D eigenvalue weighted by Crippen LogP contribution is -2.40. The quantitative estimate of drug-likeness (QED) is 0.294. The predicted molar refractivity (Wildman–Crippen MR) is 134 cm³/mol. The number of nitrogens with two attached hydrogens (primary N) is 1. The van der Waals surface area contributed by atoms with E-state index in [1.807, 2.05) is 24.3 Å². The first-order valence-corrected chi connectivity index (χ1v) is 11.8. The minimum atomic E-state index is -0.613. The Balaban J connectivity index is 1.30. The summed E-state index contributed by atoms with van der Waals surface area (Å²) in [6, 6.07) is 7.49. The molecule has 4 heterocycles. The first-order chi connectivity index (χ1) is 18.1. The molecule has 0 radical (unpaired) electrons. The van der Waals surface area contributed by atoms with Gasteiger partial charge in [0.05, 0.1) is 32.1 Å². The maximum atomic E-state index is 12.1. The minimum absolute atomic E-state index is 0.104. The second-order valence-corrected chi connectivity index (χ2v) is 8.30. The highest BCUT2D eigenvalue weighted by molar-refractivity contribution is 6.01. The van der Waals surface area contributed by atoms with Crippen LogP contribution in [0, 0.1) is 0 Å². The number of carbonyl (C=O) groups excluding carboxylic acids is 1. The molecule has 5 rings (SSSR count). The molecule has 2 aliphatic rings. The van der Waals surface area contributed by atoms with Crippen LogP contribution in [0.1, 0.15) is 23.0 Å². The summed E-state index contributed by atoms with van der Waals surface area (Å²) in [5, 5.41) is 14.2. The van der Waals surface area contributed by atoms with Crippen molar-refractivity contribution in [3.05, 3.63) is 35.5 Å². The number of ether oxygens (including phenoxy) is 2. The predicted octanol–water partition coefficient (Wildman–Crippen LogP) is 0.408. The molecule has 194 valence electrons. The second-order valence-electron chi connectivity index (χ2n) is 8.30. The number of nitrogens with zero attached hydrogens (tertiary/aromatic N) is 8. The van der Waals surface area contributed by atoms with E-state index in [1.54, 1.807) is 6.92 Å². The molecule has 0 spiro atoms. The highest BCUT2D eigenvalue weighted by atomic mass is 16.6. The van der Waals surface area contributed by atoms with Crippen LogP contribution in [0.2, 0.25) is 0 Å². The van der Waals surface area contributed by atoms with Gasteiger partial charge in [-0.05, 0) is 34.9 Å². The lowest BCUT2D eigenvalue weighted by Gasteiger charge is -2.30. The standard InChI is InChI=1S/C22H27N11O4/c1-14(28-29-19(34)17-18(23)31-37-30-17)15-2-4-16(5-3-15)24-20-25-21(32-6-10-35-11-7-32)27-22(26-20)33-8-12-36-13-9-33/h2-5H,6-13H2,1H3,(H2,23,31)(H,29,34)(H,24,25,26,27)/b28-14+. The van der Waals surface area contributed by atoms with E-state index in [4.69, 9.17) is 20.2 Å². The third-order valence-corrected chi connectivity index (χ3v) is 5.81. The zero-order valence-electron chi connectivity index (χ0n) is 20.3. The normalized spacial score (nSPS) is 16.5. The Morgan fingerprint density at radius 2 is 1.51 bits per heavy atom. The number of hydrogen-bond acceptors (Lipinski definition) is 14. The molecule has 1 amide bonds. The van der Waals surface area contributed by atoms with E-state index in [2.05, 4.69) is 50.6 Å². The third-order valence-electron chi connectivity index (χ3n) is 5.81. The molecule has 15 nitrogen and oxygen atoms in total. The van der Waals surface area contributed by atoms with Crippen molar-refractivity contribution in [2.45, 2.75) is 6.92 Å². The number of carbonyl (C=O) groups is 1. The average Bonchev–Trinajstić information content (AvgIpc) is 3.38. The number of hydrogen-bond donors (Lipinski definition) is 3. The van der Waals surface area contributed by atoms with Crippen LogP contribution >= 0.6 is 0 Å². The Labute approximate surface area is 212 Å². The zero-order valence-corrected chi connectivity index (χ0v) is 20.3. The maximum absolute atomic E-state index is 12.1. The number of amides is 1. The smallest absolute Gasteiger partial charge is 0.297 e. The van der Waals surface area contributed by atoms with Crippen LogP contribution in [0.4, 0.5) is 29.4 Å². The summed E-state index contributed by atoms with van der Waals surface area (Å²) < 4.78 is 15.4. The number of rotatable bonds is 7. The summed E-state index contributed by atoms with van der Waals surface area (Å²) in [6.45, 7) is 7.17. The maximum Gasteiger partial charge on any atom is 0.297 e. The molecule has 1 aromatic carbocycles. The molecule has 3 aromatic rings. The van der Waals surface area contributed by atoms with Crippen LogP contribution in [0.5, 0.6) is 0 Å². The van der Waals surface area contributed by atoms with Gasteiger partial charge in [0.25, 0.3) is 5.91 Å². The fraction of sp³-hybridized carbons (Fsp3) is 0.409. The summed E-state index contributed by atoms with van der Waals surface area (Å²) >= 11 is 0. The molecule has 15 heteroatoms. The number of aromatic nitrogens is 5. The van der Waals surface area contributed by atoms with Crippen LogP contribution in [-0.2, 0) is 9.47 Å². The summed E-state index contributed by atoms with van der Waals surface area (Å²) in [7, 11) is 0. The van der Waals surface area contributed by atoms with E-state index in [-0.39, 0.29) is 11.5 Å². The van der Waals surface area contributed by atoms with E-state index in [0.717, 1.165) is 37.4 Å². The first-order valence-electron chi connectivity index (χ1n) is 11.8. The molecular formula is C22H27N11O4. The van der Waals surface area contributed by atoms with Crippen LogP contribution in [0.15, 0.2) is 34.0 Å². The molecule has 2 aliphatic heterocycles. The average molecular weight is 510 g/mol. The topological polar surface area (TPSA) is 182 Å². The summed E-state index contributed by atoms with van der Waals surface area (Å²) in [5.41, 5.74) is 9.96. The van der Waals surface area contributed by atoms with Crippen molar-refractivity contribution in [2.24, 2.45) is 5.10 Å². The molecule has 0 saturated carbocycles. The van der Waals surface area contributed by atoms with E-state index in [0.29, 0.717) is 50.0 Å². The van der Waals surface area contributed by atoms with Crippen molar-refractivity contribution in [2.75, 3.05) is 73.5 Å². The van der Waals surface area contributed by atoms with Crippen molar-refractivity contribution >= 4 is 41.0 Å². The molecule has 37 heavy (non-hydrogen) atoms. The van der Waals surface area contributed by atoms with Crippen molar-refractivity contribution in [3.63, 3.8) is 0 Å². The lowest BCUT2D eigenvalue weighted by atomic mass is 10.1. The van der Waals surface area contributed by atoms with Gasteiger partial charge in [-0.2, -0.15) is 20.1 Å². The number of morpholine rings is 2. The van der Waals surface area contributed by atoms with Gasteiger partial charge in [-0.1, -0.05) is 12.1 Å². The summed E-state index contributed by atoms with van der Waals surface area (Å²) in [6.07, 6.45) is 0. The van der Waals surface area contributed by atoms with Gasteiger partial charge >= 0.3 is 0 Å². The van der Waals surface area contributed by atoms with E-state index < -0.39 is 5.91 Å². The number of anilines is 5. The number of nitrogen functional groups attached to an aromatic ring is 1. The summed E-state index contributed by atoms with van der Waals surface area (Å²) in [4.78, 5) is 30.3. The Hall–Kier alpha value is -4.37. The number of hydrazone groups is 1. The van der Waals surface area contributed by atoms with Gasteiger partial charge in [0.2, 0.25) is 29.4 Å². The molecular weight excluding hydrogens is 482 g/mol. The number of benzene rings is 1. The number of nitrogens with one attached hydrogen (secondary N) is 2. The van der Waals surface area contributed by atoms with Crippen molar-refractivity contribution in [1.29, 1.82) is 0 Å². The highest BCUT2D eigenvalue weighted by Crippen LogP contribution is 2.21. The van der Waals surface area contributed by atoms with Gasteiger partial charge in [-0.15, -0.1) is 0 Å². The van der Waals surface area contributed by atoms with E-state index >= 15 is 0 Å². The molecule has 0 aliphatic carbocycles. The molecule has 0 unspecified atom stereocenters. The monoisotopic (exact) mass is 509 g/mol. The molecule has 2 fully saturated rings. The Bertz CT molecular complexity index is 1220. The van der Waals surface area contributed by atoms with Crippen LogP contribution in [0.25, 0.3) is 0 Å². The molecule has 0 atom stereocenters. The van der Waals surface area contributed by atoms with Gasteiger partial charge in [-0.3, -0.25) is 4.79 Å². The SMILES string of the molecule is C/C(=N\NC(=O)c1nonc1N)c1ccc(Nc2nc(N3CCOCC3)nc(N3CCOCC3)n2)cc1. The first kappa shape index (κ1) is 24.3. The van der Waals surface area contributed by atoms with E-state index in [1.165, 1.54) is 0 Å². The molecule has 0 bridgehead atoms. The Kier molecular flexibility index (Phi) is 7.32. The lowest BCUT2D eigenvalue weighted by molar-refractivity contribution is 0.0945. The van der Waals surface area contributed by atoms with Crippen molar-refractivity contribution in [1.82, 2.24) is 30.7 Å². The van der Waals surface area contributed by atoms with Crippen LogP contribution < -0.4 is 26.3 Å².